The van der Waals surface area contributed by atoms with Gasteiger partial charge in [-0.15, -0.1) is 0 Å². The molecule has 1 aromatic carbocycles. The number of anilines is 4. The lowest BCUT2D eigenvalue weighted by Gasteiger charge is -2.31. The van der Waals surface area contributed by atoms with E-state index in [1.54, 1.807) is 23.4 Å². The number of carbonyl (C=O) groups is 2. The average Bonchev–Trinajstić information content (AvgIpc) is 3.56. The molecule has 1 atom stereocenters. The summed E-state index contributed by atoms with van der Waals surface area (Å²) in [7, 11) is 0. The highest BCUT2D eigenvalue weighted by atomic mass is 19.1. The van der Waals surface area contributed by atoms with Gasteiger partial charge in [0.25, 0.3) is 0 Å². The van der Waals surface area contributed by atoms with Crippen LogP contribution in [0.5, 0.6) is 5.88 Å². The first-order chi connectivity index (χ1) is 18.0. The minimum Gasteiger partial charge on any atom is -0.474 e. The monoisotopic (exact) mass is 499 g/mol. The lowest BCUT2D eigenvalue weighted by atomic mass is 9.98. The molecule has 188 valence electrons. The van der Waals surface area contributed by atoms with Crippen LogP contribution in [-0.2, 0) is 9.59 Å². The van der Waals surface area contributed by atoms with Gasteiger partial charge in [0.05, 0.1) is 23.6 Å². The van der Waals surface area contributed by atoms with E-state index in [0.717, 1.165) is 48.1 Å². The standard InChI is InChI=1S/C28H26FN5O3/c29-22-10-17(5-7-23(22)33-9-1-2-26(33)35)21-14-30-25(12-20(21)16-3-4-16)32-18-11-24-28(31-13-18)37-15-19-6-8-27(36)34(19)24/h5,7,10-14,16,19H,1-4,6,8-9,15H2,(H,30,32). The molecule has 4 aliphatic rings. The highest BCUT2D eigenvalue weighted by Crippen LogP contribution is 2.46. The van der Waals surface area contributed by atoms with Crippen molar-refractivity contribution in [3.63, 3.8) is 0 Å². The van der Waals surface area contributed by atoms with Crippen LogP contribution in [-0.4, -0.2) is 41.0 Å². The van der Waals surface area contributed by atoms with E-state index in [2.05, 4.69) is 15.3 Å². The van der Waals surface area contributed by atoms with Crippen LogP contribution < -0.4 is 19.9 Å². The summed E-state index contributed by atoms with van der Waals surface area (Å²) in [5.74, 6) is 1.20. The molecule has 0 radical (unpaired) electrons. The van der Waals surface area contributed by atoms with Crippen LogP contribution >= 0.6 is 0 Å². The van der Waals surface area contributed by atoms with Gasteiger partial charge in [-0.05, 0) is 67.0 Å². The van der Waals surface area contributed by atoms with Crippen molar-refractivity contribution < 1.29 is 18.7 Å². The smallest absolute Gasteiger partial charge is 0.238 e. The third-order valence-corrected chi connectivity index (χ3v) is 7.68. The van der Waals surface area contributed by atoms with Gasteiger partial charge in [-0.1, -0.05) is 6.07 Å². The van der Waals surface area contributed by atoms with Crippen LogP contribution in [0.1, 0.15) is 50.0 Å². The summed E-state index contributed by atoms with van der Waals surface area (Å²) in [6.07, 6.45) is 8.15. The molecule has 3 fully saturated rings. The largest absolute Gasteiger partial charge is 0.474 e. The fraction of sp³-hybridized carbons (Fsp3) is 0.357. The maximum absolute atomic E-state index is 15.1. The summed E-state index contributed by atoms with van der Waals surface area (Å²) in [6, 6.07) is 9.04. The fourth-order valence-corrected chi connectivity index (χ4v) is 5.66. The van der Waals surface area contributed by atoms with Crippen molar-refractivity contribution in [1.29, 1.82) is 0 Å². The minimum atomic E-state index is -0.395. The predicted molar refractivity (Wildman–Crippen MR) is 137 cm³/mol. The Hall–Kier alpha value is -4.01. The number of rotatable bonds is 5. The maximum Gasteiger partial charge on any atom is 0.238 e. The number of amides is 2. The van der Waals surface area contributed by atoms with Crippen molar-refractivity contribution >= 4 is 34.7 Å². The molecule has 5 heterocycles. The number of hydrogen-bond donors (Lipinski definition) is 1. The topological polar surface area (TPSA) is 87.7 Å². The number of hydrogen-bond acceptors (Lipinski definition) is 6. The first-order valence-corrected chi connectivity index (χ1v) is 12.9. The third kappa shape index (κ3) is 3.89. The minimum absolute atomic E-state index is 0.0322. The highest BCUT2D eigenvalue weighted by molar-refractivity contribution is 5.98. The highest BCUT2D eigenvalue weighted by Gasteiger charge is 2.38. The summed E-state index contributed by atoms with van der Waals surface area (Å²) < 4.78 is 20.8. The van der Waals surface area contributed by atoms with Crippen LogP contribution in [0.15, 0.2) is 42.7 Å². The number of nitrogens with zero attached hydrogens (tertiary/aromatic N) is 4. The molecule has 3 aliphatic heterocycles. The number of benzene rings is 1. The molecule has 0 spiro atoms. The molecule has 1 N–H and O–H groups in total. The second-order valence-electron chi connectivity index (χ2n) is 10.2. The Balaban J connectivity index is 1.18. The summed E-state index contributed by atoms with van der Waals surface area (Å²) in [5.41, 5.74) is 4.51. The molecular weight excluding hydrogens is 473 g/mol. The zero-order valence-corrected chi connectivity index (χ0v) is 20.2. The second-order valence-corrected chi connectivity index (χ2v) is 10.2. The van der Waals surface area contributed by atoms with Crippen molar-refractivity contribution in [3.8, 4) is 17.0 Å². The Morgan fingerprint density at radius 2 is 1.86 bits per heavy atom. The van der Waals surface area contributed by atoms with Gasteiger partial charge in [0.15, 0.2) is 0 Å². The van der Waals surface area contributed by atoms with Gasteiger partial charge in [0.2, 0.25) is 17.7 Å². The fourth-order valence-electron chi connectivity index (χ4n) is 5.66. The van der Waals surface area contributed by atoms with Crippen LogP contribution in [0.2, 0.25) is 0 Å². The molecule has 1 aliphatic carbocycles. The van der Waals surface area contributed by atoms with E-state index in [1.807, 2.05) is 18.2 Å². The normalized spacial score (nSPS) is 20.6. The number of fused-ring (bicyclic) bond motifs is 3. The summed E-state index contributed by atoms with van der Waals surface area (Å²) >= 11 is 0. The van der Waals surface area contributed by atoms with E-state index in [4.69, 9.17) is 4.74 Å². The summed E-state index contributed by atoms with van der Waals surface area (Å²) in [5, 5.41) is 3.33. The van der Waals surface area contributed by atoms with Gasteiger partial charge in [-0.2, -0.15) is 0 Å². The zero-order chi connectivity index (χ0) is 25.1. The maximum atomic E-state index is 15.1. The summed E-state index contributed by atoms with van der Waals surface area (Å²) in [6.45, 7) is 1.03. The second kappa shape index (κ2) is 8.54. The molecule has 2 amide bonds. The number of ether oxygens (including phenoxy) is 1. The van der Waals surface area contributed by atoms with Crippen LogP contribution in [0.4, 0.5) is 27.3 Å². The van der Waals surface area contributed by atoms with E-state index in [-0.39, 0.29) is 17.9 Å². The van der Waals surface area contributed by atoms with Gasteiger partial charge >= 0.3 is 0 Å². The van der Waals surface area contributed by atoms with E-state index >= 15 is 4.39 Å². The van der Waals surface area contributed by atoms with Crippen LogP contribution in [0.25, 0.3) is 11.1 Å². The van der Waals surface area contributed by atoms with Crippen molar-refractivity contribution in [1.82, 2.24) is 9.97 Å². The molecular formula is C28H26FN5O3. The van der Waals surface area contributed by atoms with Gasteiger partial charge in [0.1, 0.15) is 23.9 Å². The quantitative estimate of drug-likeness (QED) is 0.536. The molecule has 3 aromatic rings. The molecule has 2 aromatic heterocycles. The van der Waals surface area contributed by atoms with Crippen LogP contribution in [0.3, 0.4) is 0 Å². The number of aromatic nitrogens is 2. The number of pyridine rings is 2. The first kappa shape index (κ1) is 22.2. The molecule has 0 bridgehead atoms. The molecule has 9 heteroatoms. The molecule has 7 rings (SSSR count). The first-order valence-electron chi connectivity index (χ1n) is 12.9. The van der Waals surface area contributed by atoms with E-state index in [1.165, 1.54) is 11.0 Å². The average molecular weight is 500 g/mol. The molecule has 2 saturated heterocycles. The van der Waals surface area contributed by atoms with Crippen molar-refractivity contribution in [2.24, 2.45) is 0 Å². The van der Waals surface area contributed by atoms with E-state index < -0.39 is 5.82 Å². The zero-order valence-electron chi connectivity index (χ0n) is 20.2. The summed E-state index contributed by atoms with van der Waals surface area (Å²) in [4.78, 5) is 36.9. The van der Waals surface area contributed by atoms with E-state index in [9.17, 15) is 9.59 Å². The lowest BCUT2D eigenvalue weighted by molar-refractivity contribution is -0.118. The molecule has 8 nitrogen and oxygen atoms in total. The number of halogens is 1. The van der Waals surface area contributed by atoms with Crippen LogP contribution in [0, 0.1) is 5.82 Å². The van der Waals surface area contributed by atoms with Crippen molar-refractivity contribution in [3.05, 3.63) is 54.1 Å². The molecule has 1 unspecified atom stereocenters. The molecule has 1 saturated carbocycles. The Morgan fingerprint density at radius 1 is 0.973 bits per heavy atom. The van der Waals surface area contributed by atoms with Crippen molar-refractivity contribution in [2.75, 3.05) is 28.3 Å². The lowest BCUT2D eigenvalue weighted by Crippen LogP contribution is -2.40. The van der Waals surface area contributed by atoms with Crippen molar-refractivity contribution in [2.45, 2.75) is 50.5 Å². The Kier molecular flexibility index (Phi) is 5.12. The SMILES string of the molecule is O=C1CCCN1c1ccc(-c2cnc(Nc3cnc4c(c3)N3C(=O)CCC3CO4)cc2C2CC2)cc1F. The number of carbonyl (C=O) groups excluding carboxylic acids is 2. The Morgan fingerprint density at radius 3 is 2.65 bits per heavy atom. The number of nitrogens with one attached hydrogen (secondary N) is 1. The molecule has 37 heavy (non-hydrogen) atoms. The van der Waals surface area contributed by atoms with Gasteiger partial charge in [-0.25, -0.2) is 14.4 Å². The third-order valence-electron chi connectivity index (χ3n) is 7.68. The Labute approximate surface area is 213 Å². The predicted octanol–water partition coefficient (Wildman–Crippen LogP) is 4.92. The van der Waals surface area contributed by atoms with Gasteiger partial charge in [-0.3, -0.25) is 9.59 Å². The Bertz CT molecular complexity index is 1440. The van der Waals surface area contributed by atoms with E-state index in [0.29, 0.717) is 55.0 Å². The van der Waals surface area contributed by atoms with Gasteiger partial charge < -0.3 is 19.9 Å². The van der Waals surface area contributed by atoms with Gasteiger partial charge in [0, 0.05) is 31.1 Å².